The first kappa shape index (κ1) is 16.6. The molecule has 1 amide bonds. The molecule has 1 aliphatic rings. The van der Waals surface area contributed by atoms with Gasteiger partial charge in [-0.05, 0) is 57.7 Å². The lowest BCUT2D eigenvalue weighted by molar-refractivity contribution is -0.139. The molecule has 2 heterocycles. The summed E-state index contributed by atoms with van der Waals surface area (Å²) in [6.45, 7) is 6.03. The third-order valence-electron chi connectivity index (χ3n) is 4.77. The number of benzene rings is 1. The van der Waals surface area contributed by atoms with Crippen LogP contribution in [-0.2, 0) is 4.79 Å². The van der Waals surface area contributed by atoms with E-state index >= 15 is 0 Å². The highest BCUT2D eigenvalue weighted by Crippen LogP contribution is 2.24. The van der Waals surface area contributed by atoms with E-state index < -0.39 is 0 Å². The Labute approximate surface area is 141 Å². The molecule has 2 atom stereocenters. The van der Waals surface area contributed by atoms with Gasteiger partial charge in [-0.2, -0.15) is 0 Å². The van der Waals surface area contributed by atoms with E-state index in [9.17, 15) is 9.59 Å². The number of nitrogens with zero attached hydrogens (tertiary/aromatic N) is 1. The molecule has 5 nitrogen and oxygen atoms in total. The Balaban J connectivity index is 1.73. The van der Waals surface area contributed by atoms with Crippen molar-refractivity contribution in [2.75, 3.05) is 6.61 Å². The maximum Gasteiger partial charge on any atom is 0.336 e. The average molecular weight is 329 g/mol. The standard InChI is InChI=1S/C19H23NO4/c1-12-9-19(22)24-17-10-15(7-8-16(12)17)23-11-18(21)20-13(2)5-4-6-14(20)3/h7-10,13-14H,4-6,11H2,1-3H3. The van der Waals surface area contributed by atoms with Crippen molar-refractivity contribution < 1.29 is 13.9 Å². The highest BCUT2D eigenvalue weighted by Gasteiger charge is 2.28. The highest BCUT2D eigenvalue weighted by atomic mass is 16.5. The van der Waals surface area contributed by atoms with Crippen LogP contribution >= 0.6 is 0 Å². The number of rotatable bonds is 3. The molecule has 0 saturated carbocycles. The van der Waals surface area contributed by atoms with Gasteiger partial charge in [0.25, 0.3) is 5.91 Å². The lowest BCUT2D eigenvalue weighted by Gasteiger charge is -2.38. The molecule has 1 aromatic carbocycles. The van der Waals surface area contributed by atoms with Crippen LogP contribution < -0.4 is 10.4 Å². The Kier molecular flexibility index (Phi) is 4.60. The molecule has 24 heavy (non-hydrogen) atoms. The molecule has 3 rings (SSSR count). The summed E-state index contributed by atoms with van der Waals surface area (Å²) in [4.78, 5) is 25.9. The molecular weight excluding hydrogens is 306 g/mol. The molecule has 5 heteroatoms. The van der Waals surface area contributed by atoms with Crippen LogP contribution in [0.5, 0.6) is 5.75 Å². The minimum Gasteiger partial charge on any atom is -0.484 e. The summed E-state index contributed by atoms with van der Waals surface area (Å²) >= 11 is 0. The lowest BCUT2D eigenvalue weighted by atomic mass is 9.97. The van der Waals surface area contributed by atoms with E-state index in [1.165, 1.54) is 6.07 Å². The predicted octanol–water partition coefficient (Wildman–Crippen LogP) is 3.27. The van der Waals surface area contributed by atoms with E-state index in [0.29, 0.717) is 11.3 Å². The Hall–Kier alpha value is -2.30. The quantitative estimate of drug-likeness (QED) is 0.811. The van der Waals surface area contributed by atoms with E-state index in [1.54, 1.807) is 12.1 Å². The molecule has 1 saturated heterocycles. The fourth-order valence-electron chi connectivity index (χ4n) is 3.53. The summed E-state index contributed by atoms with van der Waals surface area (Å²) in [5, 5.41) is 0.867. The number of ether oxygens (including phenoxy) is 1. The number of carbonyl (C=O) groups excluding carboxylic acids is 1. The molecule has 1 aliphatic heterocycles. The molecule has 1 fully saturated rings. The molecule has 0 spiro atoms. The van der Waals surface area contributed by atoms with Gasteiger partial charge in [0.05, 0.1) is 0 Å². The summed E-state index contributed by atoms with van der Waals surface area (Å²) < 4.78 is 10.9. The third-order valence-corrected chi connectivity index (χ3v) is 4.77. The van der Waals surface area contributed by atoms with Gasteiger partial charge in [0, 0.05) is 29.6 Å². The molecule has 0 N–H and O–H groups in total. The van der Waals surface area contributed by atoms with Gasteiger partial charge in [0.1, 0.15) is 11.3 Å². The second-order valence-corrected chi connectivity index (χ2v) is 6.63. The van der Waals surface area contributed by atoms with Gasteiger partial charge in [-0.15, -0.1) is 0 Å². The van der Waals surface area contributed by atoms with Gasteiger partial charge < -0.3 is 14.1 Å². The van der Waals surface area contributed by atoms with Crippen molar-refractivity contribution in [3.05, 3.63) is 40.2 Å². The van der Waals surface area contributed by atoms with Crippen molar-refractivity contribution in [2.24, 2.45) is 0 Å². The van der Waals surface area contributed by atoms with Crippen molar-refractivity contribution in [3.63, 3.8) is 0 Å². The first-order valence-corrected chi connectivity index (χ1v) is 8.44. The highest BCUT2D eigenvalue weighted by molar-refractivity contribution is 5.82. The van der Waals surface area contributed by atoms with Crippen LogP contribution in [0.1, 0.15) is 38.7 Å². The fourth-order valence-corrected chi connectivity index (χ4v) is 3.53. The molecule has 0 bridgehead atoms. The van der Waals surface area contributed by atoms with E-state index in [4.69, 9.17) is 9.15 Å². The van der Waals surface area contributed by atoms with E-state index in [1.807, 2.05) is 17.9 Å². The summed E-state index contributed by atoms with van der Waals surface area (Å²) in [6.07, 6.45) is 3.24. The van der Waals surface area contributed by atoms with Crippen molar-refractivity contribution >= 4 is 16.9 Å². The van der Waals surface area contributed by atoms with Gasteiger partial charge >= 0.3 is 5.63 Å². The van der Waals surface area contributed by atoms with Crippen LogP contribution in [0.2, 0.25) is 0 Å². The summed E-state index contributed by atoms with van der Waals surface area (Å²) in [6, 6.07) is 7.28. The van der Waals surface area contributed by atoms with Gasteiger partial charge in [-0.25, -0.2) is 4.79 Å². The number of carbonyl (C=O) groups is 1. The Morgan fingerprint density at radius 3 is 2.67 bits per heavy atom. The van der Waals surface area contributed by atoms with E-state index in [2.05, 4.69) is 13.8 Å². The first-order chi connectivity index (χ1) is 11.5. The van der Waals surface area contributed by atoms with Gasteiger partial charge in [-0.3, -0.25) is 4.79 Å². The minimum absolute atomic E-state index is 0.000455. The number of fused-ring (bicyclic) bond motifs is 1. The molecule has 128 valence electrons. The fraction of sp³-hybridized carbons (Fsp3) is 0.474. The molecule has 2 unspecified atom stereocenters. The lowest BCUT2D eigenvalue weighted by Crippen LogP contribution is -2.49. The van der Waals surface area contributed by atoms with Gasteiger partial charge in [0.2, 0.25) is 0 Å². The Bertz CT molecular complexity index is 801. The zero-order valence-corrected chi connectivity index (χ0v) is 14.4. The number of hydrogen-bond donors (Lipinski definition) is 0. The van der Waals surface area contributed by atoms with Crippen molar-refractivity contribution in [1.29, 1.82) is 0 Å². The normalized spacial score (nSPS) is 21.0. The number of hydrogen-bond acceptors (Lipinski definition) is 4. The van der Waals surface area contributed by atoms with Crippen molar-refractivity contribution in [2.45, 2.75) is 52.1 Å². The number of aryl methyl sites for hydroxylation is 1. The Morgan fingerprint density at radius 2 is 1.96 bits per heavy atom. The Morgan fingerprint density at radius 1 is 1.25 bits per heavy atom. The van der Waals surface area contributed by atoms with Crippen LogP contribution in [0.15, 0.2) is 33.5 Å². The number of likely N-dealkylation sites (tertiary alicyclic amines) is 1. The molecule has 1 aromatic heterocycles. The van der Waals surface area contributed by atoms with Crippen molar-refractivity contribution in [3.8, 4) is 5.75 Å². The number of amides is 1. The van der Waals surface area contributed by atoms with E-state index in [-0.39, 0.29) is 30.2 Å². The van der Waals surface area contributed by atoms with Crippen molar-refractivity contribution in [1.82, 2.24) is 4.90 Å². The van der Waals surface area contributed by atoms with Crippen LogP contribution in [0.4, 0.5) is 0 Å². The zero-order chi connectivity index (χ0) is 17.3. The summed E-state index contributed by atoms with van der Waals surface area (Å²) in [5.74, 6) is 0.530. The molecule has 0 aliphatic carbocycles. The summed E-state index contributed by atoms with van der Waals surface area (Å²) in [7, 11) is 0. The minimum atomic E-state index is -0.385. The van der Waals surface area contributed by atoms with Crippen LogP contribution in [0.25, 0.3) is 11.0 Å². The van der Waals surface area contributed by atoms with E-state index in [0.717, 1.165) is 30.2 Å². The average Bonchev–Trinajstić information content (AvgIpc) is 2.52. The zero-order valence-electron chi connectivity index (χ0n) is 14.4. The topological polar surface area (TPSA) is 59.8 Å². The summed E-state index contributed by atoms with van der Waals surface area (Å²) in [5.41, 5.74) is 0.952. The SMILES string of the molecule is Cc1cc(=O)oc2cc(OCC(=O)N3C(C)CCCC3C)ccc12. The van der Waals surface area contributed by atoms with Gasteiger partial charge in [-0.1, -0.05) is 0 Å². The second kappa shape index (κ2) is 6.67. The van der Waals surface area contributed by atoms with Gasteiger partial charge in [0.15, 0.2) is 6.61 Å². The third kappa shape index (κ3) is 3.30. The largest absolute Gasteiger partial charge is 0.484 e. The maximum atomic E-state index is 12.5. The van der Waals surface area contributed by atoms with Crippen LogP contribution in [0, 0.1) is 6.92 Å². The molecule has 2 aromatic rings. The second-order valence-electron chi connectivity index (χ2n) is 6.63. The number of piperidine rings is 1. The van der Waals surface area contributed by atoms with Crippen LogP contribution in [-0.4, -0.2) is 29.5 Å². The monoisotopic (exact) mass is 329 g/mol. The molecule has 0 radical (unpaired) electrons. The van der Waals surface area contributed by atoms with Crippen LogP contribution in [0.3, 0.4) is 0 Å². The predicted molar refractivity (Wildman–Crippen MR) is 92.3 cm³/mol. The first-order valence-electron chi connectivity index (χ1n) is 8.44. The maximum absolute atomic E-state index is 12.5. The smallest absolute Gasteiger partial charge is 0.336 e. The molecular formula is C19H23NO4.